The number of nitrogens with two attached hydrogens (primary N) is 1. The molecular formula is C16H25N3O4S. The van der Waals surface area contributed by atoms with E-state index in [-0.39, 0.29) is 28.6 Å². The summed E-state index contributed by atoms with van der Waals surface area (Å²) in [5.74, 6) is -0.00417. The smallest absolute Gasteiger partial charge is 0.254 e. The first-order chi connectivity index (χ1) is 11.3. The molecule has 1 heterocycles. The monoisotopic (exact) mass is 355 g/mol. The zero-order valence-corrected chi connectivity index (χ0v) is 15.1. The third-order valence-corrected chi connectivity index (χ3v) is 5.82. The fraction of sp³-hybridized carbons (Fsp3) is 0.562. The molecule has 0 aliphatic carbocycles. The lowest BCUT2D eigenvalue weighted by Crippen LogP contribution is -2.51. The number of piperidine rings is 1. The molecule has 1 aromatic carbocycles. The van der Waals surface area contributed by atoms with Crippen molar-refractivity contribution in [3.8, 4) is 5.75 Å². The largest absolute Gasteiger partial charge is 0.495 e. The average molecular weight is 355 g/mol. The van der Waals surface area contributed by atoms with Crippen molar-refractivity contribution in [2.45, 2.75) is 43.2 Å². The van der Waals surface area contributed by atoms with Gasteiger partial charge in [-0.15, -0.1) is 0 Å². The number of sulfonamides is 1. The van der Waals surface area contributed by atoms with E-state index in [1.54, 1.807) is 11.0 Å². The number of nitrogens with one attached hydrogen (secondary N) is 1. The van der Waals surface area contributed by atoms with Gasteiger partial charge in [-0.1, -0.05) is 0 Å². The van der Waals surface area contributed by atoms with Crippen LogP contribution in [0.15, 0.2) is 23.1 Å². The van der Waals surface area contributed by atoms with Crippen molar-refractivity contribution in [2.24, 2.45) is 5.73 Å². The molecule has 2 unspecified atom stereocenters. The molecule has 3 N–H and O–H groups in total. The maximum Gasteiger partial charge on any atom is 0.254 e. The number of amides is 1. The summed E-state index contributed by atoms with van der Waals surface area (Å²) in [5, 5.41) is 0. The summed E-state index contributed by atoms with van der Waals surface area (Å²) in [6.45, 7) is 2.52. The van der Waals surface area contributed by atoms with Gasteiger partial charge in [0.15, 0.2) is 0 Å². The second-order valence-electron chi connectivity index (χ2n) is 5.99. The summed E-state index contributed by atoms with van der Waals surface area (Å²) >= 11 is 0. The number of nitrogens with zero attached hydrogens (tertiary/aromatic N) is 1. The molecule has 1 aliphatic heterocycles. The van der Waals surface area contributed by atoms with E-state index >= 15 is 0 Å². The minimum absolute atomic E-state index is 0.0299. The summed E-state index contributed by atoms with van der Waals surface area (Å²) in [4.78, 5) is 14.6. The van der Waals surface area contributed by atoms with Gasteiger partial charge < -0.3 is 15.4 Å². The predicted molar refractivity (Wildman–Crippen MR) is 91.6 cm³/mol. The number of ether oxygens (including phenoxy) is 1. The number of hydrogen-bond acceptors (Lipinski definition) is 5. The summed E-state index contributed by atoms with van der Waals surface area (Å²) < 4.78 is 31.7. The van der Waals surface area contributed by atoms with Gasteiger partial charge in [0, 0.05) is 24.2 Å². The van der Waals surface area contributed by atoms with Crippen molar-refractivity contribution in [1.29, 1.82) is 0 Å². The molecule has 24 heavy (non-hydrogen) atoms. The van der Waals surface area contributed by atoms with E-state index in [1.807, 2.05) is 6.92 Å². The zero-order chi connectivity index (χ0) is 17.9. The Balaban J connectivity index is 2.41. The quantitative estimate of drug-likeness (QED) is 0.819. The van der Waals surface area contributed by atoms with Crippen LogP contribution in [0.4, 0.5) is 0 Å². The number of carbonyl (C=O) groups excluding carboxylic acids is 1. The van der Waals surface area contributed by atoms with Gasteiger partial charge in [0.2, 0.25) is 10.0 Å². The van der Waals surface area contributed by atoms with E-state index in [4.69, 9.17) is 10.5 Å². The number of carbonyl (C=O) groups is 1. The Morgan fingerprint density at radius 2 is 2.12 bits per heavy atom. The van der Waals surface area contributed by atoms with Crippen LogP contribution in [0.25, 0.3) is 0 Å². The lowest BCUT2D eigenvalue weighted by Gasteiger charge is -2.38. The number of rotatable bonds is 5. The number of methoxy groups -OCH3 is 1. The standard InChI is InChI=1S/C16H25N3O4S/c1-11(17)13-6-4-5-9-19(13)16(20)12-7-8-14(23-3)15(10-12)24(21,22)18-2/h7-8,10-11,13,18H,4-6,9,17H2,1-3H3. The summed E-state index contributed by atoms with van der Waals surface area (Å²) in [6.07, 6.45) is 2.83. The van der Waals surface area contributed by atoms with Crippen molar-refractivity contribution in [3.63, 3.8) is 0 Å². The topological polar surface area (TPSA) is 102 Å². The summed E-state index contributed by atoms with van der Waals surface area (Å²) in [7, 11) is -1.02. The molecule has 7 nitrogen and oxygen atoms in total. The van der Waals surface area contributed by atoms with Crippen LogP contribution in [0.1, 0.15) is 36.5 Å². The normalized spacial score (nSPS) is 19.8. The van der Waals surface area contributed by atoms with Gasteiger partial charge in [-0.05, 0) is 51.4 Å². The van der Waals surface area contributed by atoms with E-state index < -0.39 is 10.0 Å². The van der Waals surface area contributed by atoms with Crippen molar-refractivity contribution >= 4 is 15.9 Å². The van der Waals surface area contributed by atoms with Crippen molar-refractivity contribution in [1.82, 2.24) is 9.62 Å². The SMILES string of the molecule is CNS(=O)(=O)c1cc(C(=O)N2CCCCC2C(C)N)ccc1OC. The van der Waals surface area contributed by atoms with Crippen LogP contribution in [0.3, 0.4) is 0 Å². The van der Waals surface area contributed by atoms with Gasteiger partial charge in [0.1, 0.15) is 10.6 Å². The molecule has 2 atom stereocenters. The predicted octanol–water partition coefficient (Wildman–Crippen LogP) is 0.945. The van der Waals surface area contributed by atoms with E-state index in [0.29, 0.717) is 12.1 Å². The van der Waals surface area contributed by atoms with Crippen molar-refractivity contribution < 1.29 is 17.9 Å². The molecule has 1 fully saturated rings. The highest BCUT2D eigenvalue weighted by molar-refractivity contribution is 7.89. The lowest BCUT2D eigenvalue weighted by atomic mass is 9.96. The van der Waals surface area contributed by atoms with Gasteiger partial charge in [-0.3, -0.25) is 4.79 Å². The summed E-state index contributed by atoms with van der Waals surface area (Å²) in [5.41, 5.74) is 6.34. The third-order valence-electron chi connectivity index (χ3n) is 4.39. The highest BCUT2D eigenvalue weighted by Gasteiger charge is 2.31. The van der Waals surface area contributed by atoms with Gasteiger partial charge in [0.25, 0.3) is 5.91 Å². The summed E-state index contributed by atoms with van der Waals surface area (Å²) in [6, 6.07) is 4.29. The minimum atomic E-state index is -3.73. The fourth-order valence-corrected chi connectivity index (χ4v) is 3.97. The van der Waals surface area contributed by atoms with Crippen molar-refractivity contribution in [3.05, 3.63) is 23.8 Å². The van der Waals surface area contributed by atoms with Gasteiger partial charge >= 0.3 is 0 Å². The molecule has 1 aromatic rings. The van der Waals surface area contributed by atoms with Crippen LogP contribution >= 0.6 is 0 Å². The second kappa shape index (κ2) is 7.50. The van der Waals surface area contributed by atoms with E-state index in [0.717, 1.165) is 19.3 Å². The second-order valence-corrected chi connectivity index (χ2v) is 7.85. The molecule has 1 saturated heterocycles. The van der Waals surface area contributed by atoms with E-state index in [1.165, 1.54) is 26.3 Å². The first kappa shape index (κ1) is 18.7. The van der Waals surface area contributed by atoms with E-state index in [2.05, 4.69) is 4.72 Å². The molecule has 0 bridgehead atoms. The maximum absolute atomic E-state index is 12.9. The first-order valence-electron chi connectivity index (χ1n) is 8.00. The van der Waals surface area contributed by atoms with Gasteiger partial charge in [0.05, 0.1) is 7.11 Å². The Kier molecular flexibility index (Phi) is 5.84. The number of hydrogen-bond donors (Lipinski definition) is 2. The Morgan fingerprint density at radius 1 is 1.42 bits per heavy atom. The minimum Gasteiger partial charge on any atom is -0.495 e. The van der Waals surface area contributed by atoms with Crippen LogP contribution in [0.5, 0.6) is 5.75 Å². The molecule has 0 saturated carbocycles. The van der Waals surface area contributed by atoms with Gasteiger partial charge in [-0.2, -0.15) is 0 Å². The fourth-order valence-electron chi connectivity index (χ4n) is 3.05. The number of benzene rings is 1. The molecule has 134 valence electrons. The first-order valence-corrected chi connectivity index (χ1v) is 9.48. The molecule has 1 aliphatic rings. The van der Waals surface area contributed by atoms with Crippen LogP contribution < -0.4 is 15.2 Å². The average Bonchev–Trinajstić information content (AvgIpc) is 2.60. The molecule has 0 radical (unpaired) electrons. The Bertz CT molecular complexity index is 703. The molecule has 0 spiro atoms. The van der Waals surface area contributed by atoms with Crippen LogP contribution in [0, 0.1) is 0 Å². The maximum atomic E-state index is 12.9. The highest BCUT2D eigenvalue weighted by Crippen LogP contribution is 2.27. The molecular weight excluding hydrogens is 330 g/mol. The molecule has 1 amide bonds. The van der Waals surface area contributed by atoms with Gasteiger partial charge in [-0.25, -0.2) is 13.1 Å². The van der Waals surface area contributed by atoms with Crippen LogP contribution in [0.2, 0.25) is 0 Å². The zero-order valence-electron chi connectivity index (χ0n) is 14.3. The Labute approximate surface area is 143 Å². The molecule has 2 rings (SSSR count). The Hall–Kier alpha value is -1.64. The van der Waals surface area contributed by atoms with Crippen LogP contribution in [-0.4, -0.2) is 52.0 Å². The number of likely N-dealkylation sites (tertiary alicyclic amines) is 1. The van der Waals surface area contributed by atoms with Crippen LogP contribution in [-0.2, 0) is 10.0 Å². The molecule has 0 aromatic heterocycles. The van der Waals surface area contributed by atoms with Crippen molar-refractivity contribution in [2.75, 3.05) is 20.7 Å². The third kappa shape index (κ3) is 3.71. The molecule has 8 heteroatoms. The Morgan fingerprint density at radius 3 is 2.71 bits per heavy atom. The highest BCUT2D eigenvalue weighted by atomic mass is 32.2. The van der Waals surface area contributed by atoms with E-state index in [9.17, 15) is 13.2 Å². The lowest BCUT2D eigenvalue weighted by molar-refractivity contribution is 0.0583.